The first-order chi connectivity index (χ1) is 9.47. The number of hydrogen-bond acceptors (Lipinski definition) is 5. The van der Waals surface area contributed by atoms with Gasteiger partial charge in [-0.2, -0.15) is 0 Å². The van der Waals surface area contributed by atoms with E-state index in [1.807, 2.05) is 19.1 Å². The van der Waals surface area contributed by atoms with Crippen LogP contribution in [-0.4, -0.2) is 24.6 Å². The van der Waals surface area contributed by atoms with Gasteiger partial charge in [0.25, 0.3) is 0 Å². The summed E-state index contributed by atoms with van der Waals surface area (Å²) in [5, 5.41) is 3.32. The van der Waals surface area contributed by atoms with Gasteiger partial charge in [-0.05, 0) is 24.6 Å². The summed E-state index contributed by atoms with van der Waals surface area (Å²) < 4.78 is 22.7. The molecule has 2 rings (SSSR count). The summed E-state index contributed by atoms with van der Waals surface area (Å²) in [5.41, 5.74) is 1.90. The lowest BCUT2D eigenvalue weighted by Gasteiger charge is -2.12. The van der Waals surface area contributed by atoms with Gasteiger partial charge in [0.05, 0.1) is 10.6 Å². The summed E-state index contributed by atoms with van der Waals surface area (Å²) in [5.74, 6) is 0. The number of nitrogens with one attached hydrogen (secondary N) is 1. The van der Waals surface area contributed by atoms with Gasteiger partial charge < -0.3 is 5.32 Å². The van der Waals surface area contributed by atoms with E-state index in [2.05, 4.69) is 15.3 Å². The second-order valence-corrected chi connectivity index (χ2v) is 6.66. The molecule has 20 heavy (non-hydrogen) atoms. The molecule has 1 N–H and O–H groups in total. The minimum Gasteiger partial charge on any atom is -0.305 e. The molecular formula is C14H17N3O2S. The van der Waals surface area contributed by atoms with Crippen LogP contribution in [0.4, 0.5) is 0 Å². The summed E-state index contributed by atoms with van der Waals surface area (Å²) >= 11 is 0. The Morgan fingerprint density at radius 1 is 1.20 bits per heavy atom. The zero-order chi connectivity index (χ0) is 14.6. The summed E-state index contributed by atoms with van der Waals surface area (Å²) in [6.07, 6.45) is 6.23. The van der Waals surface area contributed by atoms with E-state index in [0.29, 0.717) is 11.4 Å². The van der Waals surface area contributed by atoms with Crippen LogP contribution in [0.3, 0.4) is 0 Å². The Balaban J connectivity index is 1.98. The Kier molecular flexibility index (Phi) is 4.46. The second-order valence-electron chi connectivity index (χ2n) is 4.65. The SMILES string of the molecule is CC(NCc1ccc(S(C)(=O)=O)cc1)c1cnccn1. The van der Waals surface area contributed by atoms with Crippen LogP contribution in [0.15, 0.2) is 47.8 Å². The van der Waals surface area contributed by atoms with Crippen molar-refractivity contribution < 1.29 is 8.42 Å². The van der Waals surface area contributed by atoms with Crippen LogP contribution in [0.2, 0.25) is 0 Å². The molecule has 0 saturated carbocycles. The first-order valence-corrected chi connectivity index (χ1v) is 8.14. The third-order valence-corrected chi connectivity index (χ3v) is 4.12. The Hall–Kier alpha value is -1.79. The minimum absolute atomic E-state index is 0.0817. The lowest BCUT2D eigenvalue weighted by Crippen LogP contribution is -2.19. The largest absolute Gasteiger partial charge is 0.305 e. The lowest BCUT2D eigenvalue weighted by molar-refractivity contribution is 0.559. The van der Waals surface area contributed by atoms with Crippen molar-refractivity contribution in [3.8, 4) is 0 Å². The lowest BCUT2D eigenvalue weighted by atomic mass is 10.2. The van der Waals surface area contributed by atoms with Crippen molar-refractivity contribution in [1.82, 2.24) is 15.3 Å². The quantitative estimate of drug-likeness (QED) is 0.908. The van der Waals surface area contributed by atoms with Crippen molar-refractivity contribution in [2.75, 3.05) is 6.26 Å². The maximum atomic E-state index is 11.4. The Morgan fingerprint density at radius 3 is 2.45 bits per heavy atom. The highest BCUT2D eigenvalue weighted by molar-refractivity contribution is 7.90. The molecular weight excluding hydrogens is 274 g/mol. The fourth-order valence-corrected chi connectivity index (χ4v) is 2.39. The number of sulfone groups is 1. The van der Waals surface area contributed by atoms with Gasteiger partial charge >= 0.3 is 0 Å². The van der Waals surface area contributed by atoms with Crippen LogP contribution in [0.1, 0.15) is 24.2 Å². The number of nitrogens with zero attached hydrogens (tertiary/aromatic N) is 2. The average Bonchev–Trinajstić information content (AvgIpc) is 2.45. The smallest absolute Gasteiger partial charge is 0.175 e. The van der Waals surface area contributed by atoms with Gasteiger partial charge in [-0.25, -0.2) is 8.42 Å². The highest BCUT2D eigenvalue weighted by atomic mass is 32.2. The highest BCUT2D eigenvalue weighted by Gasteiger charge is 2.08. The van der Waals surface area contributed by atoms with Gasteiger partial charge in [-0.1, -0.05) is 12.1 Å². The molecule has 1 heterocycles. The molecule has 0 fully saturated rings. The standard InChI is InChI=1S/C14H17N3O2S/c1-11(14-10-15-7-8-16-14)17-9-12-3-5-13(6-4-12)20(2,18)19/h3-8,10-11,17H,9H2,1-2H3. The predicted molar refractivity (Wildman–Crippen MR) is 76.8 cm³/mol. The van der Waals surface area contributed by atoms with Crippen molar-refractivity contribution in [1.29, 1.82) is 0 Å². The van der Waals surface area contributed by atoms with Crippen LogP contribution >= 0.6 is 0 Å². The third-order valence-electron chi connectivity index (χ3n) is 2.99. The first-order valence-electron chi connectivity index (χ1n) is 6.25. The van der Waals surface area contributed by atoms with E-state index in [4.69, 9.17) is 0 Å². The molecule has 0 aliphatic rings. The van der Waals surface area contributed by atoms with Crippen LogP contribution in [0, 0.1) is 0 Å². The van der Waals surface area contributed by atoms with Crippen molar-refractivity contribution in [2.45, 2.75) is 24.4 Å². The molecule has 1 unspecified atom stereocenters. The fourth-order valence-electron chi connectivity index (χ4n) is 1.76. The van der Waals surface area contributed by atoms with Crippen LogP contribution in [0.25, 0.3) is 0 Å². The van der Waals surface area contributed by atoms with Gasteiger partial charge in [-0.15, -0.1) is 0 Å². The van der Waals surface area contributed by atoms with Gasteiger partial charge in [-0.3, -0.25) is 9.97 Å². The van der Waals surface area contributed by atoms with Crippen molar-refractivity contribution >= 4 is 9.84 Å². The third kappa shape index (κ3) is 3.85. The molecule has 5 nitrogen and oxygen atoms in total. The van der Waals surface area contributed by atoms with E-state index in [9.17, 15) is 8.42 Å². The van der Waals surface area contributed by atoms with Gasteiger partial charge in [0.1, 0.15) is 0 Å². The Labute approximate surface area is 119 Å². The molecule has 1 aromatic carbocycles. The molecule has 0 radical (unpaired) electrons. The van der Waals surface area contributed by atoms with Gasteiger partial charge in [0.15, 0.2) is 9.84 Å². The zero-order valence-corrected chi connectivity index (χ0v) is 12.3. The number of aromatic nitrogens is 2. The maximum absolute atomic E-state index is 11.4. The molecule has 106 valence electrons. The van der Waals surface area contributed by atoms with Gasteiger partial charge in [0.2, 0.25) is 0 Å². The molecule has 0 aliphatic carbocycles. The molecule has 1 atom stereocenters. The normalized spacial score (nSPS) is 13.1. The van der Waals surface area contributed by atoms with Crippen molar-refractivity contribution in [3.63, 3.8) is 0 Å². The fraction of sp³-hybridized carbons (Fsp3) is 0.286. The molecule has 0 saturated heterocycles. The summed E-state index contributed by atoms with van der Waals surface area (Å²) in [4.78, 5) is 8.60. The van der Waals surface area contributed by atoms with Gasteiger partial charge in [0, 0.05) is 37.4 Å². The second kappa shape index (κ2) is 6.11. The van der Waals surface area contributed by atoms with Crippen molar-refractivity contribution in [2.24, 2.45) is 0 Å². The van der Waals surface area contributed by atoms with E-state index in [-0.39, 0.29) is 6.04 Å². The predicted octanol–water partition coefficient (Wildman–Crippen LogP) is 1.73. The summed E-state index contributed by atoms with van der Waals surface area (Å²) in [6, 6.07) is 6.95. The number of benzene rings is 1. The van der Waals surface area contributed by atoms with E-state index >= 15 is 0 Å². The maximum Gasteiger partial charge on any atom is 0.175 e. The minimum atomic E-state index is -3.13. The van der Waals surface area contributed by atoms with E-state index < -0.39 is 9.84 Å². The van der Waals surface area contributed by atoms with E-state index in [1.165, 1.54) is 6.26 Å². The Morgan fingerprint density at radius 2 is 1.90 bits per heavy atom. The molecule has 6 heteroatoms. The molecule has 0 spiro atoms. The van der Waals surface area contributed by atoms with Crippen LogP contribution in [0.5, 0.6) is 0 Å². The average molecular weight is 291 g/mol. The number of rotatable bonds is 5. The van der Waals surface area contributed by atoms with Crippen molar-refractivity contribution in [3.05, 3.63) is 54.1 Å². The molecule has 0 bridgehead atoms. The van der Waals surface area contributed by atoms with E-state index in [1.54, 1.807) is 30.7 Å². The van der Waals surface area contributed by atoms with Crippen LogP contribution in [-0.2, 0) is 16.4 Å². The van der Waals surface area contributed by atoms with E-state index in [0.717, 1.165) is 11.3 Å². The monoisotopic (exact) mass is 291 g/mol. The number of hydrogen-bond donors (Lipinski definition) is 1. The Bertz CT molecular complexity index is 655. The van der Waals surface area contributed by atoms with Crippen LogP contribution < -0.4 is 5.32 Å². The summed E-state index contributed by atoms with van der Waals surface area (Å²) in [6.45, 7) is 2.65. The summed E-state index contributed by atoms with van der Waals surface area (Å²) in [7, 11) is -3.13. The molecule has 2 aromatic rings. The first kappa shape index (κ1) is 14.6. The molecule has 0 aliphatic heterocycles. The molecule has 0 amide bonds. The highest BCUT2D eigenvalue weighted by Crippen LogP contribution is 2.12. The topological polar surface area (TPSA) is 72.0 Å². The zero-order valence-electron chi connectivity index (χ0n) is 11.4. The molecule has 1 aromatic heterocycles.